The van der Waals surface area contributed by atoms with Crippen molar-refractivity contribution in [2.24, 2.45) is 0 Å². The fourth-order valence-electron chi connectivity index (χ4n) is 4.68. The summed E-state index contributed by atoms with van der Waals surface area (Å²) in [5, 5.41) is 0. The lowest BCUT2D eigenvalue weighted by atomic mass is 9.83. The maximum absolute atomic E-state index is 2.30. The van der Waals surface area contributed by atoms with Gasteiger partial charge in [-0.2, -0.15) is 0 Å². The van der Waals surface area contributed by atoms with Crippen LogP contribution in [0.25, 0.3) is 0 Å². The van der Waals surface area contributed by atoms with Gasteiger partial charge in [-0.15, -0.1) is 0 Å². The van der Waals surface area contributed by atoms with Crippen molar-refractivity contribution in [3.63, 3.8) is 0 Å². The Balaban J connectivity index is 0.000000279. The van der Waals surface area contributed by atoms with Gasteiger partial charge in [0.25, 0.3) is 0 Å². The molecule has 0 heterocycles. The molecule has 0 N–H and O–H groups in total. The van der Waals surface area contributed by atoms with Crippen LogP contribution in [0.3, 0.4) is 0 Å². The van der Waals surface area contributed by atoms with Crippen molar-refractivity contribution in [1.82, 2.24) is 0 Å². The minimum Gasteiger partial charge on any atom is -0.0622 e. The third-order valence-electron chi connectivity index (χ3n) is 6.70. The predicted octanol–water partition coefficient (Wildman–Crippen LogP) is 11.8. The molecule has 36 heavy (non-hydrogen) atoms. The highest BCUT2D eigenvalue weighted by molar-refractivity contribution is 5.41. The molecule has 0 spiro atoms. The number of hydrogen-bond donors (Lipinski definition) is 0. The van der Waals surface area contributed by atoms with Crippen molar-refractivity contribution in [1.29, 1.82) is 0 Å². The molecule has 3 rings (SSSR count). The second-order valence-corrected chi connectivity index (χ2v) is 11.8. The highest BCUT2D eigenvalue weighted by Crippen LogP contribution is 2.33. The van der Waals surface area contributed by atoms with Gasteiger partial charge in [-0.3, -0.25) is 0 Å². The monoisotopic (exact) mass is 486 g/mol. The van der Waals surface area contributed by atoms with Gasteiger partial charge in [-0.25, -0.2) is 0 Å². The quantitative estimate of drug-likeness (QED) is 0.325. The minimum absolute atomic E-state index is 0.626. The first-order chi connectivity index (χ1) is 16.9. The SMILES string of the molecule is CC(C)c1cccc(C(C)C)c1C(C)C.CC(C)c1ccccc1.CC(C)c1ccccc1C(C)C. The molecule has 3 aromatic carbocycles. The second kappa shape index (κ2) is 15.7. The summed E-state index contributed by atoms with van der Waals surface area (Å²) < 4.78 is 0. The molecule has 0 nitrogen and oxygen atoms in total. The van der Waals surface area contributed by atoms with Crippen LogP contribution in [0.4, 0.5) is 0 Å². The molecule has 0 fully saturated rings. The van der Waals surface area contributed by atoms with E-state index in [0.717, 1.165) is 0 Å². The van der Waals surface area contributed by atoms with Gasteiger partial charge in [0, 0.05) is 0 Å². The van der Waals surface area contributed by atoms with Crippen LogP contribution in [0.15, 0.2) is 72.8 Å². The highest BCUT2D eigenvalue weighted by Gasteiger charge is 2.15. The van der Waals surface area contributed by atoms with Gasteiger partial charge in [0.2, 0.25) is 0 Å². The third-order valence-corrected chi connectivity index (χ3v) is 6.70. The summed E-state index contributed by atoms with van der Waals surface area (Å²) in [5.74, 6) is 3.82. The van der Waals surface area contributed by atoms with Gasteiger partial charge in [-0.1, -0.05) is 156 Å². The Hall–Kier alpha value is -2.34. The van der Waals surface area contributed by atoms with Crippen LogP contribution in [0.1, 0.15) is 152 Å². The smallest absolute Gasteiger partial charge is 0.0213 e. The minimum atomic E-state index is 0.626. The fourth-order valence-corrected chi connectivity index (χ4v) is 4.68. The van der Waals surface area contributed by atoms with Crippen LogP contribution >= 0.6 is 0 Å². The van der Waals surface area contributed by atoms with E-state index in [9.17, 15) is 0 Å². The van der Waals surface area contributed by atoms with Crippen molar-refractivity contribution >= 4 is 0 Å². The molecule has 0 aliphatic heterocycles. The molecule has 0 amide bonds. The van der Waals surface area contributed by atoms with Gasteiger partial charge in [-0.05, 0) is 68.9 Å². The summed E-state index contributed by atoms with van der Waals surface area (Å²) in [6, 6.07) is 26.0. The van der Waals surface area contributed by atoms with Crippen molar-refractivity contribution < 1.29 is 0 Å². The van der Waals surface area contributed by atoms with E-state index in [-0.39, 0.29) is 0 Å². The van der Waals surface area contributed by atoms with Gasteiger partial charge in [0.15, 0.2) is 0 Å². The molecule has 0 radical (unpaired) electrons. The Bertz CT molecular complexity index is 934. The van der Waals surface area contributed by atoms with Crippen molar-refractivity contribution in [3.05, 3.63) is 106 Å². The van der Waals surface area contributed by atoms with Crippen LogP contribution in [0, 0.1) is 0 Å². The first-order valence-electron chi connectivity index (χ1n) is 14.1. The first kappa shape index (κ1) is 31.7. The van der Waals surface area contributed by atoms with Gasteiger partial charge >= 0.3 is 0 Å². The Kier molecular flexibility index (Phi) is 13.8. The van der Waals surface area contributed by atoms with E-state index in [0.29, 0.717) is 35.5 Å². The molecule has 0 unspecified atom stereocenters. The number of benzene rings is 3. The zero-order chi connectivity index (χ0) is 27.4. The predicted molar refractivity (Wildman–Crippen MR) is 164 cm³/mol. The molecule has 0 atom stereocenters. The molecule has 3 aromatic rings. The Morgan fingerprint density at radius 3 is 0.917 bits per heavy atom. The maximum Gasteiger partial charge on any atom is -0.0213 e. The molecule has 0 aliphatic rings. The van der Waals surface area contributed by atoms with Crippen LogP contribution in [-0.2, 0) is 0 Å². The average Bonchev–Trinajstić information content (AvgIpc) is 2.84. The molecule has 198 valence electrons. The molecule has 0 aliphatic carbocycles. The Morgan fingerprint density at radius 2 is 0.639 bits per heavy atom. The van der Waals surface area contributed by atoms with E-state index in [1.54, 1.807) is 5.56 Å². The van der Waals surface area contributed by atoms with Crippen molar-refractivity contribution in [3.8, 4) is 0 Å². The number of hydrogen-bond acceptors (Lipinski definition) is 0. The third kappa shape index (κ3) is 9.96. The van der Waals surface area contributed by atoms with Crippen LogP contribution in [0.2, 0.25) is 0 Å². The molecular formula is C36H54. The zero-order valence-corrected chi connectivity index (χ0v) is 25.4. The Labute approximate surface area is 224 Å². The summed E-state index contributed by atoms with van der Waals surface area (Å²) in [5.41, 5.74) is 9.02. The lowest BCUT2D eigenvalue weighted by Crippen LogP contribution is -2.04. The van der Waals surface area contributed by atoms with Crippen LogP contribution in [-0.4, -0.2) is 0 Å². The lowest BCUT2D eigenvalue weighted by molar-refractivity contribution is 0.748. The van der Waals surface area contributed by atoms with Gasteiger partial charge < -0.3 is 0 Å². The first-order valence-corrected chi connectivity index (χ1v) is 14.1. The molecule has 0 saturated carbocycles. The zero-order valence-electron chi connectivity index (χ0n) is 25.4. The van der Waals surface area contributed by atoms with Gasteiger partial charge in [0.1, 0.15) is 0 Å². The Morgan fingerprint density at radius 1 is 0.306 bits per heavy atom. The summed E-state index contributed by atoms with van der Waals surface area (Å²) in [6.07, 6.45) is 0. The standard InChI is InChI=1S/C15H24.C12H18.C9H12/c1-10(2)13-8-7-9-14(11(3)4)15(13)12(5)6;1-9(2)11-7-5-6-8-12(11)10(3)4;1-8(2)9-6-4-3-5-7-9/h7-12H,1-6H3;5-10H,1-4H3;3-8H,1-2H3. The highest BCUT2D eigenvalue weighted by atomic mass is 14.2. The normalized spacial score (nSPS) is 11.2. The van der Waals surface area contributed by atoms with E-state index in [2.05, 4.69) is 150 Å². The molecule has 0 aromatic heterocycles. The summed E-state index contributed by atoms with van der Waals surface area (Å²) in [4.78, 5) is 0. The van der Waals surface area contributed by atoms with E-state index < -0.39 is 0 Å². The van der Waals surface area contributed by atoms with Crippen LogP contribution < -0.4 is 0 Å². The van der Waals surface area contributed by atoms with Crippen molar-refractivity contribution in [2.75, 3.05) is 0 Å². The van der Waals surface area contributed by atoms with E-state index >= 15 is 0 Å². The van der Waals surface area contributed by atoms with E-state index in [4.69, 9.17) is 0 Å². The van der Waals surface area contributed by atoms with Crippen LogP contribution in [0.5, 0.6) is 0 Å². The summed E-state index contributed by atoms with van der Waals surface area (Å²) >= 11 is 0. The van der Waals surface area contributed by atoms with Crippen molar-refractivity contribution in [2.45, 2.75) is 119 Å². The topological polar surface area (TPSA) is 0 Å². The molecule has 0 heteroatoms. The largest absolute Gasteiger partial charge is 0.0622 e. The maximum atomic E-state index is 2.30. The molecular weight excluding hydrogens is 432 g/mol. The molecule has 0 bridgehead atoms. The van der Waals surface area contributed by atoms with Gasteiger partial charge in [0.05, 0.1) is 0 Å². The number of rotatable bonds is 6. The summed E-state index contributed by atoms with van der Waals surface area (Å²) in [7, 11) is 0. The molecule has 0 saturated heterocycles. The fraction of sp³-hybridized carbons (Fsp3) is 0.500. The van der Waals surface area contributed by atoms with E-state index in [1.807, 2.05) is 6.07 Å². The average molecular weight is 487 g/mol. The summed E-state index contributed by atoms with van der Waals surface area (Å²) in [6.45, 7) is 27.1. The van der Waals surface area contributed by atoms with E-state index in [1.165, 1.54) is 27.8 Å². The lowest BCUT2D eigenvalue weighted by Gasteiger charge is -2.22. The second-order valence-electron chi connectivity index (χ2n) is 11.8.